The van der Waals surface area contributed by atoms with Crippen LogP contribution in [-0.2, 0) is 9.59 Å². The van der Waals surface area contributed by atoms with Gasteiger partial charge in [-0.2, -0.15) is 0 Å². The zero-order valence-electron chi connectivity index (χ0n) is 20.8. The van der Waals surface area contributed by atoms with Gasteiger partial charge in [0.2, 0.25) is 0 Å². The van der Waals surface area contributed by atoms with Gasteiger partial charge < -0.3 is 4.79 Å². The van der Waals surface area contributed by atoms with E-state index in [9.17, 15) is 9.59 Å². The fourth-order valence-corrected chi connectivity index (χ4v) is 4.80. The standard InChI is InChI=1S/C17H30O.C12H22O/c18-17-12-8-3-1-2-6-10-15-14-16(15)11-7-4-5-9-13-17;1-2-3-4-5-6-7-8-9-10-11-12-13/h15-16H,1-14H2;9-10,12H,2-8,11H2,1H3/b;10-9+. The molecule has 2 unspecified atom stereocenters. The number of rotatable bonds is 9. The molecule has 2 nitrogen and oxygen atoms in total. The molecule has 0 heterocycles. The average molecular weight is 433 g/mol. The lowest BCUT2D eigenvalue weighted by molar-refractivity contribution is -0.119. The van der Waals surface area contributed by atoms with Crippen LogP contribution in [0.3, 0.4) is 0 Å². The second kappa shape index (κ2) is 21.0. The minimum atomic E-state index is 0.518. The maximum absolute atomic E-state index is 11.6. The molecule has 0 spiro atoms. The summed E-state index contributed by atoms with van der Waals surface area (Å²) in [6.45, 7) is 2.24. The summed E-state index contributed by atoms with van der Waals surface area (Å²) >= 11 is 0. The molecule has 2 aliphatic carbocycles. The van der Waals surface area contributed by atoms with Crippen molar-refractivity contribution in [3.63, 3.8) is 0 Å². The number of aldehydes is 1. The van der Waals surface area contributed by atoms with Crippen LogP contribution in [0.1, 0.15) is 148 Å². The molecule has 0 aromatic carbocycles. The van der Waals surface area contributed by atoms with Crippen molar-refractivity contribution in [1.29, 1.82) is 0 Å². The average Bonchev–Trinajstić information content (AvgIpc) is 3.52. The van der Waals surface area contributed by atoms with Gasteiger partial charge in [0.1, 0.15) is 12.1 Å². The Morgan fingerprint density at radius 2 is 1.26 bits per heavy atom. The molecule has 0 aromatic heterocycles. The lowest BCUT2D eigenvalue weighted by Crippen LogP contribution is -1.98. The largest absolute Gasteiger partial charge is 0.303 e. The molecule has 2 rings (SSSR count). The highest BCUT2D eigenvalue weighted by Crippen LogP contribution is 2.45. The minimum Gasteiger partial charge on any atom is -0.303 e. The molecule has 0 aliphatic heterocycles. The molecule has 2 heteroatoms. The second-order valence-corrected chi connectivity index (χ2v) is 9.98. The Labute approximate surface area is 194 Å². The quantitative estimate of drug-likeness (QED) is 0.207. The van der Waals surface area contributed by atoms with Crippen LogP contribution in [0.5, 0.6) is 0 Å². The van der Waals surface area contributed by atoms with Crippen LogP contribution >= 0.6 is 0 Å². The smallest absolute Gasteiger partial charge is 0.132 e. The van der Waals surface area contributed by atoms with Crippen molar-refractivity contribution >= 4 is 12.1 Å². The normalized spacial score (nSPS) is 23.6. The van der Waals surface area contributed by atoms with Gasteiger partial charge in [-0.1, -0.05) is 109 Å². The Kier molecular flexibility index (Phi) is 19.0. The second-order valence-electron chi connectivity index (χ2n) is 9.98. The van der Waals surface area contributed by atoms with Gasteiger partial charge >= 0.3 is 0 Å². The first-order valence-electron chi connectivity index (χ1n) is 13.9. The molecule has 0 saturated heterocycles. The molecular formula is C29H52O2. The van der Waals surface area contributed by atoms with Gasteiger partial charge in [0, 0.05) is 19.3 Å². The van der Waals surface area contributed by atoms with Crippen molar-refractivity contribution < 1.29 is 9.59 Å². The third kappa shape index (κ3) is 18.4. The zero-order chi connectivity index (χ0) is 22.4. The van der Waals surface area contributed by atoms with Gasteiger partial charge in [-0.05, 0) is 43.9 Å². The Hall–Kier alpha value is -0.920. The lowest BCUT2D eigenvalue weighted by atomic mass is 10.0. The Morgan fingerprint density at radius 3 is 1.87 bits per heavy atom. The van der Waals surface area contributed by atoms with Crippen LogP contribution in [-0.4, -0.2) is 12.1 Å². The molecule has 2 saturated carbocycles. The molecule has 31 heavy (non-hydrogen) atoms. The van der Waals surface area contributed by atoms with E-state index in [4.69, 9.17) is 0 Å². The van der Waals surface area contributed by atoms with E-state index in [0.717, 1.165) is 50.2 Å². The summed E-state index contributed by atoms with van der Waals surface area (Å²) in [4.78, 5) is 21.6. The molecule has 0 N–H and O–H groups in total. The zero-order valence-corrected chi connectivity index (χ0v) is 20.8. The van der Waals surface area contributed by atoms with E-state index in [-0.39, 0.29) is 0 Å². The number of hydrogen-bond donors (Lipinski definition) is 0. The maximum Gasteiger partial charge on any atom is 0.132 e. The van der Waals surface area contributed by atoms with E-state index >= 15 is 0 Å². The van der Waals surface area contributed by atoms with Crippen LogP contribution < -0.4 is 0 Å². The summed E-state index contributed by atoms with van der Waals surface area (Å²) in [5.74, 6) is 2.70. The first-order chi connectivity index (χ1) is 15.3. The van der Waals surface area contributed by atoms with Crippen molar-refractivity contribution in [2.75, 3.05) is 0 Å². The molecule has 0 amide bonds. The Morgan fingerprint density at radius 1 is 0.710 bits per heavy atom. The number of allylic oxidation sites excluding steroid dienone is 2. The fourth-order valence-electron chi connectivity index (χ4n) is 4.80. The summed E-state index contributed by atoms with van der Waals surface area (Å²) in [5.41, 5.74) is 0. The van der Waals surface area contributed by atoms with Crippen LogP contribution in [0.2, 0.25) is 0 Å². The van der Waals surface area contributed by atoms with Gasteiger partial charge in [0.05, 0.1) is 0 Å². The van der Waals surface area contributed by atoms with E-state index in [1.807, 2.05) is 6.08 Å². The molecule has 2 aliphatic rings. The van der Waals surface area contributed by atoms with Gasteiger partial charge in [-0.3, -0.25) is 4.79 Å². The number of fused-ring (bicyclic) bond motifs is 1. The number of ketones is 1. The predicted molar refractivity (Wildman–Crippen MR) is 134 cm³/mol. The van der Waals surface area contributed by atoms with Crippen molar-refractivity contribution in [2.24, 2.45) is 11.8 Å². The Balaban J connectivity index is 0.000000330. The van der Waals surface area contributed by atoms with Crippen molar-refractivity contribution in [1.82, 2.24) is 0 Å². The molecule has 0 radical (unpaired) electrons. The monoisotopic (exact) mass is 432 g/mol. The molecule has 2 atom stereocenters. The van der Waals surface area contributed by atoms with E-state index in [2.05, 4.69) is 13.0 Å². The van der Waals surface area contributed by atoms with E-state index in [1.54, 1.807) is 0 Å². The minimum absolute atomic E-state index is 0.518. The number of carbonyl (C=O) groups excluding carboxylic acids is 2. The summed E-state index contributed by atoms with van der Waals surface area (Å²) in [7, 11) is 0. The third-order valence-electron chi connectivity index (χ3n) is 7.00. The van der Waals surface area contributed by atoms with E-state index in [0.29, 0.717) is 12.2 Å². The molecule has 0 aromatic rings. The lowest BCUT2D eigenvalue weighted by Gasteiger charge is -2.05. The fraction of sp³-hybridized carbons (Fsp3) is 0.862. The first-order valence-corrected chi connectivity index (χ1v) is 13.9. The van der Waals surface area contributed by atoms with Crippen LogP contribution in [0.4, 0.5) is 0 Å². The summed E-state index contributed by atoms with van der Waals surface area (Å²) in [6.07, 6.45) is 32.8. The number of unbranched alkanes of at least 4 members (excludes halogenated alkanes) is 6. The number of carbonyl (C=O) groups is 2. The topological polar surface area (TPSA) is 34.1 Å². The van der Waals surface area contributed by atoms with Gasteiger partial charge in [0.15, 0.2) is 0 Å². The van der Waals surface area contributed by atoms with E-state index < -0.39 is 0 Å². The first kappa shape index (κ1) is 28.1. The highest BCUT2D eigenvalue weighted by atomic mass is 16.1. The SMILES string of the molecule is CCCCCCCC/C=C/CC=O.O=C1CCCCCCCC2CC2CCCCCC1. The van der Waals surface area contributed by atoms with Crippen molar-refractivity contribution in [2.45, 2.75) is 148 Å². The molecule has 0 bridgehead atoms. The number of hydrogen-bond acceptors (Lipinski definition) is 2. The van der Waals surface area contributed by atoms with Gasteiger partial charge in [-0.15, -0.1) is 0 Å². The third-order valence-corrected chi connectivity index (χ3v) is 7.00. The van der Waals surface area contributed by atoms with E-state index in [1.165, 1.54) is 103 Å². The highest BCUT2D eigenvalue weighted by molar-refractivity contribution is 5.78. The molecule has 180 valence electrons. The Bertz CT molecular complexity index is 454. The van der Waals surface area contributed by atoms with Crippen molar-refractivity contribution in [3.8, 4) is 0 Å². The summed E-state index contributed by atoms with van der Waals surface area (Å²) in [6, 6.07) is 0. The highest BCUT2D eigenvalue weighted by Gasteiger charge is 2.34. The number of Topliss-reactive ketones (excluding diaryl/α,β-unsaturated/α-hetero) is 1. The van der Waals surface area contributed by atoms with Crippen LogP contribution in [0.25, 0.3) is 0 Å². The summed E-state index contributed by atoms with van der Waals surface area (Å²) in [5, 5.41) is 0. The molecule has 2 fully saturated rings. The van der Waals surface area contributed by atoms with Crippen molar-refractivity contribution in [3.05, 3.63) is 12.2 Å². The summed E-state index contributed by atoms with van der Waals surface area (Å²) < 4.78 is 0. The van der Waals surface area contributed by atoms with Gasteiger partial charge in [0.25, 0.3) is 0 Å². The predicted octanol–water partition coefficient (Wildman–Crippen LogP) is 9.16. The van der Waals surface area contributed by atoms with Crippen LogP contribution in [0, 0.1) is 11.8 Å². The van der Waals surface area contributed by atoms with Crippen LogP contribution in [0.15, 0.2) is 12.2 Å². The van der Waals surface area contributed by atoms with Gasteiger partial charge in [-0.25, -0.2) is 0 Å². The maximum atomic E-state index is 11.6. The molecular weight excluding hydrogens is 380 g/mol.